The first kappa shape index (κ1) is 10.2. The van der Waals surface area contributed by atoms with E-state index in [1.807, 2.05) is 17.8 Å². The van der Waals surface area contributed by atoms with Crippen LogP contribution in [0.3, 0.4) is 0 Å². The van der Waals surface area contributed by atoms with E-state index in [1.165, 1.54) is 0 Å². The Labute approximate surface area is 78.9 Å². The third kappa shape index (κ3) is 3.16. The zero-order chi connectivity index (χ0) is 9.68. The molecule has 0 saturated heterocycles. The van der Waals surface area contributed by atoms with Crippen LogP contribution in [0, 0.1) is 0 Å². The first-order chi connectivity index (χ1) is 6.24. The molecule has 0 fully saturated rings. The molecule has 1 atom stereocenters. The van der Waals surface area contributed by atoms with Gasteiger partial charge in [0.15, 0.2) is 0 Å². The Morgan fingerprint density at radius 2 is 2.46 bits per heavy atom. The van der Waals surface area contributed by atoms with Gasteiger partial charge in [0, 0.05) is 32.6 Å². The highest BCUT2D eigenvalue weighted by Gasteiger charge is 2.02. The molecule has 0 amide bonds. The van der Waals surface area contributed by atoms with Gasteiger partial charge in [-0.05, 0) is 6.92 Å². The van der Waals surface area contributed by atoms with Gasteiger partial charge in [-0.2, -0.15) is 0 Å². The highest BCUT2D eigenvalue weighted by atomic mass is 16.5. The Morgan fingerprint density at radius 3 is 3.00 bits per heavy atom. The van der Waals surface area contributed by atoms with Gasteiger partial charge in [0.2, 0.25) is 0 Å². The molecule has 0 aliphatic rings. The van der Waals surface area contributed by atoms with E-state index in [1.54, 1.807) is 13.3 Å². The van der Waals surface area contributed by atoms with E-state index in [2.05, 4.69) is 17.2 Å². The van der Waals surface area contributed by atoms with Gasteiger partial charge in [-0.25, -0.2) is 4.98 Å². The number of nitrogens with one attached hydrogen (secondary N) is 1. The minimum Gasteiger partial charge on any atom is -0.383 e. The summed E-state index contributed by atoms with van der Waals surface area (Å²) in [6.07, 6.45) is 3.75. The quantitative estimate of drug-likeness (QED) is 0.724. The average Bonchev–Trinajstić information content (AvgIpc) is 2.48. The Kier molecular flexibility index (Phi) is 3.92. The van der Waals surface area contributed by atoms with Crippen molar-refractivity contribution in [2.24, 2.45) is 7.05 Å². The molecule has 1 unspecified atom stereocenters. The summed E-state index contributed by atoms with van der Waals surface area (Å²) < 4.78 is 7.02. The summed E-state index contributed by atoms with van der Waals surface area (Å²) in [7, 11) is 3.70. The van der Waals surface area contributed by atoms with Crippen molar-refractivity contribution in [3.05, 3.63) is 18.2 Å². The second kappa shape index (κ2) is 4.99. The summed E-state index contributed by atoms with van der Waals surface area (Å²) in [6.45, 7) is 3.60. The topological polar surface area (TPSA) is 39.1 Å². The van der Waals surface area contributed by atoms with E-state index < -0.39 is 0 Å². The molecule has 0 radical (unpaired) electrons. The highest BCUT2D eigenvalue weighted by molar-refractivity contribution is 4.90. The van der Waals surface area contributed by atoms with Crippen LogP contribution in [0.1, 0.15) is 12.7 Å². The van der Waals surface area contributed by atoms with Gasteiger partial charge >= 0.3 is 0 Å². The lowest BCUT2D eigenvalue weighted by Gasteiger charge is -2.11. The summed E-state index contributed by atoms with van der Waals surface area (Å²) in [5.74, 6) is 1.04. The minimum absolute atomic E-state index is 0.363. The molecule has 0 saturated carbocycles. The molecule has 1 heterocycles. The minimum atomic E-state index is 0.363. The molecule has 1 aromatic heterocycles. The Hall–Kier alpha value is -0.870. The lowest BCUT2D eigenvalue weighted by molar-refractivity contribution is 0.171. The molecule has 1 N–H and O–H groups in total. The average molecular weight is 183 g/mol. The largest absolute Gasteiger partial charge is 0.383 e. The summed E-state index contributed by atoms with van der Waals surface area (Å²) in [4.78, 5) is 4.21. The fourth-order valence-electron chi connectivity index (χ4n) is 1.14. The number of rotatable bonds is 5. The molecule has 4 heteroatoms. The molecule has 1 aromatic rings. The van der Waals surface area contributed by atoms with Crippen molar-refractivity contribution >= 4 is 0 Å². The van der Waals surface area contributed by atoms with Crippen molar-refractivity contribution < 1.29 is 4.74 Å². The van der Waals surface area contributed by atoms with Crippen molar-refractivity contribution in [3.8, 4) is 0 Å². The van der Waals surface area contributed by atoms with E-state index in [9.17, 15) is 0 Å². The third-order valence-corrected chi connectivity index (χ3v) is 1.95. The zero-order valence-electron chi connectivity index (χ0n) is 8.45. The van der Waals surface area contributed by atoms with Gasteiger partial charge in [0.1, 0.15) is 5.82 Å². The van der Waals surface area contributed by atoms with E-state index in [4.69, 9.17) is 4.74 Å². The lowest BCUT2D eigenvalue weighted by Crippen LogP contribution is -2.30. The number of ether oxygens (including phenoxy) is 1. The maximum Gasteiger partial charge on any atom is 0.122 e. The van der Waals surface area contributed by atoms with Crippen molar-refractivity contribution in [1.29, 1.82) is 0 Å². The van der Waals surface area contributed by atoms with Crippen LogP contribution in [-0.2, 0) is 18.3 Å². The van der Waals surface area contributed by atoms with Crippen LogP contribution in [0.5, 0.6) is 0 Å². The van der Waals surface area contributed by atoms with Crippen molar-refractivity contribution in [1.82, 2.24) is 14.9 Å². The number of aromatic nitrogens is 2. The lowest BCUT2D eigenvalue weighted by atomic mass is 10.3. The zero-order valence-corrected chi connectivity index (χ0v) is 8.45. The van der Waals surface area contributed by atoms with E-state index in [0.29, 0.717) is 6.04 Å². The Balaban J connectivity index is 2.30. The highest BCUT2D eigenvalue weighted by Crippen LogP contribution is 1.94. The predicted octanol–water partition coefficient (Wildman–Crippen LogP) is 0.545. The predicted molar refractivity (Wildman–Crippen MR) is 51.4 cm³/mol. The summed E-state index contributed by atoms with van der Waals surface area (Å²) in [5, 5.41) is 3.32. The third-order valence-electron chi connectivity index (χ3n) is 1.95. The van der Waals surface area contributed by atoms with E-state index >= 15 is 0 Å². The van der Waals surface area contributed by atoms with Gasteiger partial charge < -0.3 is 14.6 Å². The van der Waals surface area contributed by atoms with Crippen LogP contribution in [-0.4, -0.2) is 29.3 Å². The molecule has 0 aromatic carbocycles. The SMILES string of the molecule is COCC(C)NCc1nccn1C. The monoisotopic (exact) mass is 183 g/mol. The molecule has 0 aliphatic carbocycles. The van der Waals surface area contributed by atoms with Crippen LogP contribution in [0.4, 0.5) is 0 Å². The molecular weight excluding hydrogens is 166 g/mol. The normalized spacial score (nSPS) is 13.2. The van der Waals surface area contributed by atoms with Crippen molar-refractivity contribution in [2.75, 3.05) is 13.7 Å². The smallest absolute Gasteiger partial charge is 0.122 e. The molecule has 0 spiro atoms. The van der Waals surface area contributed by atoms with Crippen LogP contribution in [0.15, 0.2) is 12.4 Å². The van der Waals surface area contributed by atoms with Gasteiger partial charge in [0.05, 0.1) is 13.2 Å². The molecular formula is C9H17N3O. The fraction of sp³-hybridized carbons (Fsp3) is 0.667. The Morgan fingerprint density at radius 1 is 1.69 bits per heavy atom. The number of imidazole rings is 1. The first-order valence-corrected chi connectivity index (χ1v) is 4.42. The van der Waals surface area contributed by atoms with Crippen LogP contribution < -0.4 is 5.32 Å². The number of aryl methyl sites for hydroxylation is 1. The summed E-state index contributed by atoms with van der Waals surface area (Å²) >= 11 is 0. The van der Waals surface area contributed by atoms with E-state index in [0.717, 1.165) is 19.0 Å². The molecule has 0 bridgehead atoms. The number of hydrogen-bond donors (Lipinski definition) is 1. The molecule has 74 valence electrons. The first-order valence-electron chi connectivity index (χ1n) is 4.42. The van der Waals surface area contributed by atoms with Gasteiger partial charge in [-0.3, -0.25) is 0 Å². The fourth-order valence-corrected chi connectivity index (χ4v) is 1.14. The molecule has 0 aliphatic heterocycles. The second-order valence-corrected chi connectivity index (χ2v) is 3.19. The summed E-state index contributed by atoms with van der Waals surface area (Å²) in [6, 6.07) is 0.363. The van der Waals surface area contributed by atoms with E-state index in [-0.39, 0.29) is 0 Å². The van der Waals surface area contributed by atoms with Crippen LogP contribution in [0.25, 0.3) is 0 Å². The van der Waals surface area contributed by atoms with Crippen LogP contribution >= 0.6 is 0 Å². The van der Waals surface area contributed by atoms with Crippen molar-refractivity contribution in [3.63, 3.8) is 0 Å². The Bertz CT molecular complexity index is 247. The van der Waals surface area contributed by atoms with Gasteiger partial charge in [-0.1, -0.05) is 0 Å². The molecule has 13 heavy (non-hydrogen) atoms. The summed E-state index contributed by atoms with van der Waals surface area (Å²) in [5.41, 5.74) is 0. The molecule has 4 nitrogen and oxygen atoms in total. The number of hydrogen-bond acceptors (Lipinski definition) is 3. The standard InChI is InChI=1S/C9H17N3O/c1-8(7-13-3)11-6-9-10-4-5-12(9)2/h4-5,8,11H,6-7H2,1-3H3. The van der Waals surface area contributed by atoms with Crippen LogP contribution in [0.2, 0.25) is 0 Å². The second-order valence-electron chi connectivity index (χ2n) is 3.19. The van der Waals surface area contributed by atoms with Crippen molar-refractivity contribution in [2.45, 2.75) is 19.5 Å². The molecule has 1 rings (SSSR count). The maximum atomic E-state index is 5.01. The number of nitrogens with zero attached hydrogens (tertiary/aromatic N) is 2. The van der Waals surface area contributed by atoms with Gasteiger partial charge in [0.25, 0.3) is 0 Å². The van der Waals surface area contributed by atoms with Gasteiger partial charge in [-0.15, -0.1) is 0 Å². The maximum absolute atomic E-state index is 5.01. The number of methoxy groups -OCH3 is 1.